The molecular weight excluding hydrogens is 396 g/mol. The van der Waals surface area contributed by atoms with E-state index in [0.29, 0.717) is 0 Å². The Kier molecular flexibility index (Phi) is 7.18. The maximum absolute atomic E-state index is 13.1. The third-order valence-corrected chi connectivity index (χ3v) is 5.65. The summed E-state index contributed by atoms with van der Waals surface area (Å²) in [7, 11) is 0. The standard InChI is InChI=1S/C24H26N2O5/c1-3-17(2)23(24(28)31-16-18-7-5-4-6-8-18)25-14-13-21(27)15-22(25)19-9-11-20(12-10-19)26(29)30/h4-14,17,22-23H,3,15-16H2,1-2H3/t17?,22-,23-/m0/s1. The number of ketones is 1. The molecule has 0 radical (unpaired) electrons. The van der Waals surface area contributed by atoms with Crippen LogP contribution in [0.2, 0.25) is 0 Å². The Balaban J connectivity index is 1.87. The fraction of sp³-hybridized carbons (Fsp3) is 0.333. The smallest absolute Gasteiger partial charge is 0.329 e. The quantitative estimate of drug-likeness (QED) is 0.351. The van der Waals surface area contributed by atoms with Crippen molar-refractivity contribution < 1.29 is 19.2 Å². The van der Waals surface area contributed by atoms with Gasteiger partial charge in [0.1, 0.15) is 12.6 Å². The molecular formula is C24H26N2O5. The molecule has 162 valence electrons. The van der Waals surface area contributed by atoms with Crippen LogP contribution in [0, 0.1) is 16.0 Å². The molecule has 0 aliphatic carbocycles. The maximum atomic E-state index is 13.1. The van der Waals surface area contributed by atoms with Crippen LogP contribution >= 0.6 is 0 Å². The van der Waals surface area contributed by atoms with E-state index in [-0.39, 0.29) is 36.4 Å². The molecule has 0 N–H and O–H groups in total. The first-order valence-corrected chi connectivity index (χ1v) is 10.3. The van der Waals surface area contributed by atoms with Gasteiger partial charge in [-0.3, -0.25) is 14.9 Å². The Bertz CT molecular complexity index is 956. The third kappa shape index (κ3) is 5.36. The monoisotopic (exact) mass is 422 g/mol. The van der Waals surface area contributed by atoms with E-state index >= 15 is 0 Å². The second-order valence-corrected chi connectivity index (χ2v) is 7.72. The topological polar surface area (TPSA) is 89.8 Å². The summed E-state index contributed by atoms with van der Waals surface area (Å²) in [6.07, 6.45) is 4.06. The molecule has 0 aromatic heterocycles. The van der Waals surface area contributed by atoms with Crippen LogP contribution in [0.15, 0.2) is 66.9 Å². The minimum Gasteiger partial charge on any atom is -0.459 e. The summed E-state index contributed by atoms with van der Waals surface area (Å²) in [6.45, 7) is 4.15. The van der Waals surface area contributed by atoms with Gasteiger partial charge in [-0.2, -0.15) is 0 Å². The normalized spacial score (nSPS) is 17.8. The number of esters is 1. The number of benzene rings is 2. The largest absolute Gasteiger partial charge is 0.459 e. The van der Waals surface area contributed by atoms with Crippen molar-refractivity contribution in [1.82, 2.24) is 4.90 Å². The van der Waals surface area contributed by atoms with Crippen molar-refractivity contribution in [2.75, 3.05) is 0 Å². The van der Waals surface area contributed by atoms with E-state index in [2.05, 4.69) is 0 Å². The molecule has 0 spiro atoms. The van der Waals surface area contributed by atoms with E-state index < -0.39 is 17.0 Å². The van der Waals surface area contributed by atoms with Crippen molar-refractivity contribution in [1.29, 1.82) is 0 Å². The van der Waals surface area contributed by atoms with Crippen LogP contribution in [0.25, 0.3) is 0 Å². The predicted octanol–water partition coefficient (Wildman–Crippen LogP) is 4.58. The third-order valence-electron chi connectivity index (χ3n) is 5.65. The Labute approximate surface area is 181 Å². The molecule has 3 atom stereocenters. The van der Waals surface area contributed by atoms with Gasteiger partial charge in [0.05, 0.1) is 11.0 Å². The van der Waals surface area contributed by atoms with Crippen molar-refractivity contribution in [3.63, 3.8) is 0 Å². The average Bonchev–Trinajstić information content (AvgIpc) is 2.79. The number of nitro groups is 1. The number of allylic oxidation sites excluding steroid dienone is 1. The number of hydrogen-bond donors (Lipinski definition) is 0. The van der Waals surface area contributed by atoms with Gasteiger partial charge in [0.2, 0.25) is 0 Å². The van der Waals surface area contributed by atoms with Crippen LogP contribution in [-0.4, -0.2) is 27.6 Å². The molecule has 0 fully saturated rings. The van der Waals surface area contributed by atoms with Gasteiger partial charge in [0.25, 0.3) is 5.69 Å². The van der Waals surface area contributed by atoms with Crippen molar-refractivity contribution in [2.45, 2.75) is 45.4 Å². The number of ether oxygens (including phenoxy) is 1. The molecule has 1 aliphatic rings. The van der Waals surface area contributed by atoms with Gasteiger partial charge in [-0.25, -0.2) is 4.79 Å². The molecule has 2 aromatic rings. The highest BCUT2D eigenvalue weighted by Gasteiger charge is 2.37. The van der Waals surface area contributed by atoms with E-state index in [9.17, 15) is 19.7 Å². The van der Waals surface area contributed by atoms with Gasteiger partial charge in [-0.15, -0.1) is 0 Å². The van der Waals surface area contributed by atoms with E-state index in [1.807, 2.05) is 49.1 Å². The highest BCUT2D eigenvalue weighted by atomic mass is 16.6. The van der Waals surface area contributed by atoms with Gasteiger partial charge in [-0.1, -0.05) is 62.7 Å². The second-order valence-electron chi connectivity index (χ2n) is 7.72. The Morgan fingerprint density at radius 3 is 2.48 bits per heavy atom. The zero-order valence-electron chi connectivity index (χ0n) is 17.6. The summed E-state index contributed by atoms with van der Waals surface area (Å²) in [5, 5.41) is 11.0. The van der Waals surface area contributed by atoms with Gasteiger partial charge in [0, 0.05) is 24.8 Å². The van der Waals surface area contributed by atoms with Crippen molar-refractivity contribution >= 4 is 17.4 Å². The first-order valence-electron chi connectivity index (χ1n) is 10.3. The summed E-state index contributed by atoms with van der Waals surface area (Å²) in [4.78, 5) is 37.7. The van der Waals surface area contributed by atoms with Crippen molar-refractivity contribution in [3.05, 3.63) is 88.1 Å². The molecule has 0 amide bonds. The predicted molar refractivity (Wildman–Crippen MR) is 116 cm³/mol. The van der Waals surface area contributed by atoms with Crippen LogP contribution in [0.3, 0.4) is 0 Å². The number of nitrogens with zero attached hydrogens (tertiary/aromatic N) is 2. The van der Waals surface area contributed by atoms with Gasteiger partial charge >= 0.3 is 5.97 Å². The summed E-state index contributed by atoms with van der Waals surface area (Å²) < 4.78 is 5.64. The molecule has 1 aliphatic heterocycles. The lowest BCUT2D eigenvalue weighted by atomic mass is 9.90. The van der Waals surface area contributed by atoms with E-state index in [0.717, 1.165) is 17.5 Å². The number of rotatable bonds is 8. The summed E-state index contributed by atoms with van der Waals surface area (Å²) in [5.74, 6) is -0.439. The lowest BCUT2D eigenvalue weighted by Crippen LogP contribution is -2.46. The molecule has 1 unspecified atom stereocenters. The highest BCUT2D eigenvalue weighted by Crippen LogP contribution is 2.34. The highest BCUT2D eigenvalue weighted by molar-refractivity contribution is 5.91. The zero-order chi connectivity index (χ0) is 22.4. The molecule has 2 aromatic carbocycles. The van der Waals surface area contributed by atoms with Gasteiger partial charge < -0.3 is 9.64 Å². The first-order chi connectivity index (χ1) is 14.9. The fourth-order valence-electron chi connectivity index (χ4n) is 3.72. The number of hydrogen-bond acceptors (Lipinski definition) is 6. The van der Waals surface area contributed by atoms with E-state index in [4.69, 9.17) is 4.74 Å². The molecule has 3 rings (SSSR count). The second kappa shape index (κ2) is 10.0. The van der Waals surface area contributed by atoms with Crippen LogP contribution in [0.4, 0.5) is 5.69 Å². The molecule has 0 saturated heterocycles. The number of carbonyl (C=O) groups is 2. The van der Waals surface area contributed by atoms with Crippen LogP contribution in [0.1, 0.15) is 43.9 Å². The maximum Gasteiger partial charge on any atom is 0.329 e. The Hall–Kier alpha value is -3.48. The average molecular weight is 422 g/mol. The molecule has 7 heteroatoms. The Morgan fingerprint density at radius 2 is 1.87 bits per heavy atom. The zero-order valence-corrected chi connectivity index (χ0v) is 17.6. The lowest BCUT2D eigenvalue weighted by Gasteiger charge is -2.40. The number of nitro benzene ring substituents is 1. The molecule has 7 nitrogen and oxygen atoms in total. The van der Waals surface area contributed by atoms with Crippen LogP contribution in [0.5, 0.6) is 0 Å². The Morgan fingerprint density at radius 1 is 1.19 bits per heavy atom. The summed E-state index contributed by atoms with van der Waals surface area (Å²) in [6, 6.07) is 14.6. The van der Waals surface area contributed by atoms with Crippen molar-refractivity contribution in [3.8, 4) is 0 Å². The minimum atomic E-state index is -0.585. The van der Waals surface area contributed by atoms with Gasteiger partial charge in [-0.05, 0) is 23.1 Å². The molecule has 31 heavy (non-hydrogen) atoms. The van der Waals surface area contributed by atoms with E-state index in [1.165, 1.54) is 18.2 Å². The molecule has 1 heterocycles. The lowest BCUT2D eigenvalue weighted by molar-refractivity contribution is -0.384. The first kappa shape index (κ1) is 22.2. The molecule has 0 saturated carbocycles. The summed E-state index contributed by atoms with van der Waals surface area (Å²) in [5.41, 5.74) is 1.62. The minimum absolute atomic E-state index is 0.0197. The SMILES string of the molecule is CCC(C)[C@@H](C(=O)OCc1ccccc1)N1C=CC(=O)C[C@H]1c1ccc([N+](=O)[O-])cc1. The fourth-order valence-corrected chi connectivity index (χ4v) is 3.72. The van der Waals surface area contributed by atoms with Gasteiger partial charge in [0.15, 0.2) is 5.78 Å². The van der Waals surface area contributed by atoms with Crippen LogP contribution < -0.4 is 0 Å². The summed E-state index contributed by atoms with van der Waals surface area (Å²) >= 11 is 0. The van der Waals surface area contributed by atoms with Crippen LogP contribution in [-0.2, 0) is 20.9 Å². The van der Waals surface area contributed by atoms with E-state index in [1.54, 1.807) is 18.3 Å². The molecule has 0 bridgehead atoms. The number of non-ortho nitro benzene ring substituents is 1. The number of carbonyl (C=O) groups excluding carboxylic acids is 2. The van der Waals surface area contributed by atoms with Crippen molar-refractivity contribution in [2.24, 2.45) is 5.92 Å².